The zero-order valence-electron chi connectivity index (χ0n) is 16.7. The van der Waals surface area contributed by atoms with Gasteiger partial charge in [-0.05, 0) is 32.1 Å². The molecule has 0 aromatic carbocycles. The van der Waals surface area contributed by atoms with Crippen LogP contribution in [0, 0.1) is 0 Å². The number of carbonyl (C=O) groups is 4. The summed E-state index contributed by atoms with van der Waals surface area (Å²) < 4.78 is 22.7. The molecule has 3 atom stereocenters. The quantitative estimate of drug-likeness (QED) is 0.209. The maximum atomic E-state index is 12.8. The summed E-state index contributed by atoms with van der Waals surface area (Å²) in [5, 5.41) is 2.44. The minimum absolute atomic E-state index is 0.268. The lowest BCUT2D eigenvalue weighted by molar-refractivity contribution is -0.165. The number of carbonyl (C=O) groups excluding carboxylic acids is 4. The van der Waals surface area contributed by atoms with Crippen LogP contribution in [0.3, 0.4) is 0 Å². The molecule has 3 N–H and O–H groups in total. The van der Waals surface area contributed by atoms with E-state index in [1.165, 1.54) is 13.8 Å². The summed E-state index contributed by atoms with van der Waals surface area (Å²) in [6.07, 6.45) is -1.29. The zero-order chi connectivity index (χ0) is 21.9. The Hall–Kier alpha value is -2.25. The van der Waals surface area contributed by atoms with E-state index in [9.17, 15) is 23.4 Å². The fourth-order valence-corrected chi connectivity index (χ4v) is 4.46. The van der Waals surface area contributed by atoms with Crippen LogP contribution in [0.15, 0.2) is 12.2 Å². The molecule has 13 heteroatoms. The Labute approximate surface area is 166 Å². The third-order valence-electron chi connectivity index (χ3n) is 3.51. The second kappa shape index (κ2) is 8.83. The minimum atomic E-state index is -2.31. The van der Waals surface area contributed by atoms with Gasteiger partial charge in [0, 0.05) is 6.92 Å². The van der Waals surface area contributed by atoms with Gasteiger partial charge in [0.25, 0.3) is 0 Å². The number of amides is 3. The van der Waals surface area contributed by atoms with Crippen molar-refractivity contribution in [1.82, 2.24) is 20.5 Å². The van der Waals surface area contributed by atoms with Crippen molar-refractivity contribution in [2.24, 2.45) is 0 Å². The molecule has 11 nitrogen and oxygen atoms in total. The number of nitrogens with one attached hydrogen (secondary N) is 3. The first kappa shape index (κ1) is 23.8. The molecule has 3 amide bonds. The molecule has 1 heterocycles. The highest BCUT2D eigenvalue weighted by Crippen LogP contribution is 2.36. The van der Waals surface area contributed by atoms with E-state index in [0.717, 1.165) is 12.0 Å². The molecule has 0 aromatic heterocycles. The highest BCUT2D eigenvalue weighted by Gasteiger charge is 2.61. The van der Waals surface area contributed by atoms with Gasteiger partial charge in [-0.15, -0.1) is 4.83 Å². The highest BCUT2D eigenvalue weighted by molar-refractivity contribution is 7.84. The highest BCUT2D eigenvalue weighted by atomic mass is 32.2. The van der Waals surface area contributed by atoms with E-state index >= 15 is 0 Å². The molecule has 0 aliphatic carbocycles. The summed E-state index contributed by atoms with van der Waals surface area (Å²) in [6, 6.07) is -1.26. The number of rotatable bonds is 8. The van der Waals surface area contributed by atoms with Crippen molar-refractivity contribution in [2.45, 2.75) is 50.9 Å². The van der Waals surface area contributed by atoms with Gasteiger partial charge in [-0.2, -0.15) is 0 Å². The van der Waals surface area contributed by atoms with E-state index in [1.807, 2.05) is 5.43 Å². The van der Waals surface area contributed by atoms with Crippen LogP contribution >= 0.6 is 0 Å². The van der Waals surface area contributed by atoms with E-state index in [0.29, 0.717) is 0 Å². The van der Waals surface area contributed by atoms with Crippen LogP contribution in [0.25, 0.3) is 0 Å². The van der Waals surface area contributed by atoms with Crippen molar-refractivity contribution in [1.29, 1.82) is 0 Å². The maximum absolute atomic E-state index is 12.8. The van der Waals surface area contributed by atoms with Gasteiger partial charge >= 0.3 is 12.1 Å². The first-order valence-electron chi connectivity index (χ1n) is 8.26. The smallest absolute Gasteiger partial charge is 0.422 e. The molecule has 3 unspecified atom stereocenters. The topological polar surface area (TPSA) is 143 Å². The molecule has 0 aromatic rings. The normalized spacial score (nSPS) is 21.1. The number of methoxy groups -OCH3 is 1. The molecular formula is C15H26N4O7SSi. The summed E-state index contributed by atoms with van der Waals surface area (Å²) in [7, 11) is -3.44. The van der Waals surface area contributed by atoms with E-state index in [4.69, 9.17) is 4.43 Å². The number of hydrogen-bond acceptors (Lipinski definition) is 7. The van der Waals surface area contributed by atoms with E-state index in [1.54, 1.807) is 19.6 Å². The first-order chi connectivity index (χ1) is 12.7. The number of nitrogens with zero attached hydrogens (tertiary/aromatic N) is 1. The lowest BCUT2D eigenvalue weighted by Gasteiger charge is -2.53. The zero-order valence-corrected chi connectivity index (χ0v) is 18.5. The molecule has 158 valence electrons. The van der Waals surface area contributed by atoms with Crippen molar-refractivity contribution >= 4 is 43.2 Å². The molecular weight excluding hydrogens is 408 g/mol. The Morgan fingerprint density at radius 2 is 1.86 bits per heavy atom. The number of likely N-dealkylation sites (tertiary alicyclic amines) is 1. The second-order valence-electron chi connectivity index (χ2n) is 7.18. The second-order valence-corrected chi connectivity index (χ2v) is 13.0. The van der Waals surface area contributed by atoms with Crippen LogP contribution in [0.1, 0.15) is 20.3 Å². The van der Waals surface area contributed by atoms with Crippen molar-refractivity contribution in [3.63, 3.8) is 0 Å². The molecule has 1 saturated heterocycles. The predicted octanol–water partition coefficient (Wildman–Crippen LogP) is -0.144. The third-order valence-corrected chi connectivity index (χ3v) is 5.67. The maximum Gasteiger partial charge on any atom is 0.422 e. The SMILES string of the molecule is C=C(C)C(C(=O)O[Si](C)(C)C)N1C(=O)CC1(NC(C)=O)S(=O)NNC(=O)OC. The van der Waals surface area contributed by atoms with Crippen LogP contribution in [0.5, 0.6) is 0 Å². The molecule has 1 aliphatic rings. The van der Waals surface area contributed by atoms with Crippen LogP contribution in [0.2, 0.25) is 19.6 Å². The Kier molecular flexibility index (Phi) is 7.50. The van der Waals surface area contributed by atoms with Crippen LogP contribution < -0.4 is 15.6 Å². The molecule has 28 heavy (non-hydrogen) atoms. The molecule has 0 bridgehead atoms. The van der Waals surface area contributed by atoms with Crippen molar-refractivity contribution in [3.05, 3.63) is 12.2 Å². The van der Waals surface area contributed by atoms with Gasteiger partial charge in [0.2, 0.25) is 25.1 Å². The van der Waals surface area contributed by atoms with Crippen LogP contribution in [-0.2, 0) is 34.5 Å². The Balaban J connectivity index is 3.28. The van der Waals surface area contributed by atoms with Crippen LogP contribution in [-0.4, -0.2) is 59.4 Å². The summed E-state index contributed by atoms with van der Waals surface area (Å²) in [4.78, 5) is 49.5. The van der Waals surface area contributed by atoms with Crippen molar-refractivity contribution in [3.8, 4) is 0 Å². The van der Waals surface area contributed by atoms with E-state index < -0.39 is 54.2 Å². The van der Waals surface area contributed by atoms with E-state index in [-0.39, 0.29) is 12.0 Å². The molecule has 1 rings (SSSR count). The van der Waals surface area contributed by atoms with Gasteiger partial charge in [-0.3, -0.25) is 19.3 Å². The number of hydrazine groups is 1. The third kappa shape index (κ3) is 5.39. The van der Waals surface area contributed by atoms with Crippen molar-refractivity contribution < 1.29 is 32.5 Å². The number of ether oxygens (including phenoxy) is 1. The lowest BCUT2D eigenvalue weighted by Crippen LogP contribution is -2.79. The molecule has 0 spiro atoms. The summed E-state index contributed by atoms with van der Waals surface area (Å²) in [5.74, 6) is -1.86. The molecule has 1 aliphatic heterocycles. The molecule has 1 fully saturated rings. The fraction of sp³-hybridized carbons (Fsp3) is 0.600. The summed E-state index contributed by atoms with van der Waals surface area (Å²) in [6.45, 7) is 11.8. The molecule has 0 saturated carbocycles. The van der Waals surface area contributed by atoms with Gasteiger partial charge in [-0.1, -0.05) is 6.58 Å². The fourth-order valence-electron chi connectivity index (χ4n) is 2.53. The van der Waals surface area contributed by atoms with Gasteiger partial charge in [0.15, 0.2) is 17.0 Å². The lowest BCUT2D eigenvalue weighted by atomic mass is 10.00. The van der Waals surface area contributed by atoms with Gasteiger partial charge in [0.05, 0.1) is 13.5 Å². The van der Waals surface area contributed by atoms with Gasteiger partial charge in [0.1, 0.15) is 0 Å². The predicted molar refractivity (Wildman–Crippen MR) is 103 cm³/mol. The Morgan fingerprint density at radius 3 is 2.25 bits per heavy atom. The average molecular weight is 435 g/mol. The van der Waals surface area contributed by atoms with Crippen molar-refractivity contribution in [2.75, 3.05) is 7.11 Å². The minimum Gasteiger partial charge on any atom is -0.518 e. The largest absolute Gasteiger partial charge is 0.518 e. The average Bonchev–Trinajstić information content (AvgIpc) is 2.53. The standard InChI is InChI=1S/C15H26N4O7SSi/c1-9(2)12(13(22)26-28(5,6)7)19-11(21)8-15(19,16-10(3)20)27(24)18-17-14(23)25-4/h12,18H,1,8H2,2-7H3,(H,16,20)(H,17,23). The Morgan fingerprint density at radius 1 is 1.29 bits per heavy atom. The summed E-state index contributed by atoms with van der Waals surface area (Å²) >= 11 is 0. The summed E-state index contributed by atoms with van der Waals surface area (Å²) in [5.41, 5.74) is 2.29. The number of β-lactam (4-membered cyclic amide) rings is 1. The first-order valence-corrected chi connectivity index (χ1v) is 12.8. The Bertz CT molecular complexity index is 724. The van der Waals surface area contributed by atoms with E-state index in [2.05, 4.69) is 21.5 Å². The van der Waals surface area contributed by atoms with Gasteiger partial charge in [-0.25, -0.2) is 14.4 Å². The van der Waals surface area contributed by atoms with Gasteiger partial charge < -0.3 is 14.5 Å². The van der Waals surface area contributed by atoms with Crippen LogP contribution in [0.4, 0.5) is 4.79 Å². The number of hydrogen-bond donors (Lipinski definition) is 3. The molecule has 0 radical (unpaired) electrons. The monoisotopic (exact) mass is 434 g/mol.